The molecule has 0 atom stereocenters. The van der Waals surface area contributed by atoms with Crippen LogP contribution < -0.4 is 0 Å². The van der Waals surface area contributed by atoms with Gasteiger partial charge in [0, 0.05) is 18.1 Å². The molecule has 0 N–H and O–H groups in total. The van der Waals surface area contributed by atoms with Crippen molar-refractivity contribution in [2.45, 2.75) is 18.2 Å². The van der Waals surface area contributed by atoms with Crippen LogP contribution in [0.5, 0.6) is 0 Å². The van der Waals surface area contributed by atoms with Crippen molar-refractivity contribution in [1.29, 1.82) is 0 Å². The molecule has 0 bridgehead atoms. The Morgan fingerprint density at radius 1 is 1.57 bits per heavy atom. The zero-order valence-electron chi connectivity index (χ0n) is 7.56. The Balaban J connectivity index is 3.12. The van der Waals surface area contributed by atoms with Crippen LogP contribution in [0.2, 0.25) is 0 Å². The van der Waals surface area contributed by atoms with Crippen molar-refractivity contribution in [3.05, 3.63) is 33.9 Å². The standard InChI is InChI=1S/C9H9NO3S/c1-2-8(11)6-3-4-7(10(12)13)9(14)5-6/h3-5,14H,2H2,1H3. The molecule has 0 aliphatic heterocycles. The molecule has 5 heteroatoms. The summed E-state index contributed by atoms with van der Waals surface area (Å²) in [5, 5.41) is 10.4. The number of hydrogen-bond acceptors (Lipinski definition) is 4. The van der Waals surface area contributed by atoms with Crippen LogP contribution in [-0.4, -0.2) is 10.7 Å². The maximum absolute atomic E-state index is 11.2. The zero-order chi connectivity index (χ0) is 10.7. The van der Waals surface area contributed by atoms with Gasteiger partial charge in [0.15, 0.2) is 5.78 Å². The van der Waals surface area contributed by atoms with Crippen molar-refractivity contribution in [3.63, 3.8) is 0 Å². The van der Waals surface area contributed by atoms with Crippen LogP contribution in [-0.2, 0) is 0 Å². The number of nitro benzene ring substituents is 1. The molecular weight excluding hydrogens is 202 g/mol. The van der Waals surface area contributed by atoms with E-state index in [-0.39, 0.29) is 16.4 Å². The average Bonchev–Trinajstić information content (AvgIpc) is 2.15. The molecule has 1 aromatic rings. The summed E-state index contributed by atoms with van der Waals surface area (Å²) in [6, 6.07) is 4.17. The third-order valence-corrected chi connectivity index (χ3v) is 2.17. The van der Waals surface area contributed by atoms with Crippen LogP contribution in [0.25, 0.3) is 0 Å². The maximum atomic E-state index is 11.2. The summed E-state index contributed by atoms with van der Waals surface area (Å²) >= 11 is 3.95. The van der Waals surface area contributed by atoms with Crippen LogP contribution in [0, 0.1) is 10.1 Å². The van der Waals surface area contributed by atoms with E-state index in [9.17, 15) is 14.9 Å². The van der Waals surface area contributed by atoms with Crippen LogP contribution in [0.15, 0.2) is 23.1 Å². The van der Waals surface area contributed by atoms with Gasteiger partial charge in [0.05, 0.1) is 9.82 Å². The predicted molar refractivity (Wildman–Crippen MR) is 55.0 cm³/mol. The molecule has 0 aromatic heterocycles. The second-order valence-electron chi connectivity index (χ2n) is 2.74. The molecule has 0 radical (unpaired) electrons. The molecule has 0 aliphatic rings. The van der Waals surface area contributed by atoms with Gasteiger partial charge in [0.25, 0.3) is 5.69 Å². The Labute approximate surface area is 86.5 Å². The van der Waals surface area contributed by atoms with Crippen molar-refractivity contribution < 1.29 is 9.72 Å². The van der Waals surface area contributed by atoms with E-state index in [0.717, 1.165) is 0 Å². The van der Waals surface area contributed by atoms with Crippen LogP contribution in [0.4, 0.5) is 5.69 Å². The minimum absolute atomic E-state index is 0.0461. The Morgan fingerprint density at radius 3 is 2.64 bits per heavy atom. The molecule has 0 spiro atoms. The summed E-state index contributed by atoms with van der Waals surface area (Å²) in [7, 11) is 0. The number of ketones is 1. The zero-order valence-corrected chi connectivity index (χ0v) is 8.45. The van der Waals surface area contributed by atoms with E-state index in [1.54, 1.807) is 6.92 Å². The number of carbonyl (C=O) groups excluding carboxylic acids is 1. The van der Waals surface area contributed by atoms with Gasteiger partial charge in [-0.3, -0.25) is 14.9 Å². The minimum Gasteiger partial charge on any atom is -0.294 e. The van der Waals surface area contributed by atoms with Gasteiger partial charge in [0.2, 0.25) is 0 Å². The van der Waals surface area contributed by atoms with Crippen molar-refractivity contribution in [2.24, 2.45) is 0 Å². The molecule has 1 aromatic carbocycles. The normalized spacial score (nSPS) is 9.86. The molecule has 0 aliphatic carbocycles. The third-order valence-electron chi connectivity index (χ3n) is 1.82. The van der Waals surface area contributed by atoms with Crippen molar-refractivity contribution in [3.8, 4) is 0 Å². The first-order valence-electron chi connectivity index (χ1n) is 4.07. The number of rotatable bonds is 3. The van der Waals surface area contributed by atoms with Gasteiger partial charge < -0.3 is 0 Å². The second kappa shape index (κ2) is 4.23. The molecular formula is C9H9NO3S. The van der Waals surface area contributed by atoms with E-state index in [2.05, 4.69) is 12.6 Å². The topological polar surface area (TPSA) is 60.2 Å². The Morgan fingerprint density at radius 2 is 2.21 bits per heavy atom. The molecule has 0 amide bonds. The predicted octanol–water partition coefficient (Wildman–Crippen LogP) is 2.48. The fourth-order valence-corrected chi connectivity index (χ4v) is 1.35. The average molecular weight is 211 g/mol. The van der Waals surface area contributed by atoms with E-state index in [0.29, 0.717) is 12.0 Å². The molecule has 0 heterocycles. The number of nitro groups is 1. The highest BCUT2D eigenvalue weighted by Gasteiger charge is 2.13. The Bertz CT molecular complexity index is 390. The maximum Gasteiger partial charge on any atom is 0.282 e. The minimum atomic E-state index is -0.525. The number of nitrogens with zero attached hydrogens (tertiary/aromatic N) is 1. The summed E-state index contributed by atoms with van der Waals surface area (Å²) in [6.45, 7) is 1.74. The lowest BCUT2D eigenvalue weighted by molar-refractivity contribution is -0.387. The van der Waals surface area contributed by atoms with E-state index < -0.39 is 4.92 Å². The molecule has 0 saturated carbocycles. The second-order valence-corrected chi connectivity index (χ2v) is 3.22. The van der Waals surface area contributed by atoms with Gasteiger partial charge in [0.1, 0.15) is 0 Å². The molecule has 0 unspecified atom stereocenters. The molecule has 0 fully saturated rings. The smallest absolute Gasteiger partial charge is 0.282 e. The van der Waals surface area contributed by atoms with Crippen LogP contribution in [0.1, 0.15) is 23.7 Å². The molecule has 4 nitrogen and oxygen atoms in total. The van der Waals surface area contributed by atoms with E-state index in [1.165, 1.54) is 18.2 Å². The summed E-state index contributed by atoms with van der Waals surface area (Å²) in [5.41, 5.74) is 0.379. The number of hydrogen-bond donors (Lipinski definition) is 1. The molecule has 74 valence electrons. The third kappa shape index (κ3) is 2.11. The highest BCUT2D eigenvalue weighted by atomic mass is 32.1. The van der Waals surface area contributed by atoms with Crippen molar-refractivity contribution >= 4 is 24.1 Å². The van der Waals surface area contributed by atoms with Gasteiger partial charge in [-0.2, -0.15) is 0 Å². The Kier molecular flexibility index (Phi) is 3.24. The van der Waals surface area contributed by atoms with Crippen molar-refractivity contribution in [2.75, 3.05) is 0 Å². The fraction of sp³-hybridized carbons (Fsp3) is 0.222. The first kappa shape index (κ1) is 10.7. The number of benzene rings is 1. The lowest BCUT2D eigenvalue weighted by Gasteiger charge is -1.99. The lowest BCUT2D eigenvalue weighted by atomic mass is 10.1. The molecule has 1 rings (SSSR count). The summed E-state index contributed by atoms with van der Waals surface area (Å²) in [5.74, 6) is -0.0461. The lowest BCUT2D eigenvalue weighted by Crippen LogP contribution is -1.98. The highest BCUT2D eigenvalue weighted by Crippen LogP contribution is 2.23. The quantitative estimate of drug-likeness (QED) is 0.361. The van der Waals surface area contributed by atoms with Gasteiger partial charge in [-0.1, -0.05) is 6.92 Å². The summed E-state index contributed by atoms with van der Waals surface area (Å²) in [6.07, 6.45) is 0.380. The first-order valence-corrected chi connectivity index (χ1v) is 4.51. The van der Waals surface area contributed by atoms with Gasteiger partial charge in [-0.25, -0.2) is 0 Å². The van der Waals surface area contributed by atoms with Crippen LogP contribution >= 0.6 is 12.6 Å². The van der Waals surface area contributed by atoms with E-state index >= 15 is 0 Å². The van der Waals surface area contributed by atoms with Gasteiger partial charge in [-0.15, -0.1) is 12.6 Å². The largest absolute Gasteiger partial charge is 0.294 e. The highest BCUT2D eigenvalue weighted by molar-refractivity contribution is 7.80. The molecule has 14 heavy (non-hydrogen) atoms. The first-order chi connectivity index (χ1) is 6.56. The van der Waals surface area contributed by atoms with Crippen molar-refractivity contribution in [1.82, 2.24) is 0 Å². The van der Waals surface area contributed by atoms with Crippen LogP contribution in [0.3, 0.4) is 0 Å². The number of Topliss-reactive ketones (excluding diaryl/α,β-unsaturated/α-hetero) is 1. The van der Waals surface area contributed by atoms with E-state index in [4.69, 9.17) is 0 Å². The summed E-state index contributed by atoms with van der Waals surface area (Å²) in [4.78, 5) is 21.4. The molecule has 0 saturated heterocycles. The summed E-state index contributed by atoms with van der Waals surface area (Å²) < 4.78 is 0. The SMILES string of the molecule is CCC(=O)c1ccc([N+](=O)[O-])c(S)c1. The van der Waals surface area contributed by atoms with E-state index in [1.807, 2.05) is 0 Å². The number of carbonyl (C=O) groups is 1. The monoisotopic (exact) mass is 211 g/mol. The fourth-order valence-electron chi connectivity index (χ4n) is 1.06. The van der Waals surface area contributed by atoms with Gasteiger partial charge in [-0.05, 0) is 12.1 Å². The number of thiol groups is 1. The Hall–Kier alpha value is -1.36. The van der Waals surface area contributed by atoms with Gasteiger partial charge >= 0.3 is 0 Å².